The van der Waals surface area contributed by atoms with E-state index >= 15 is 0 Å². The SMILES string of the molecule is Cc1ccc(N2CCOCC2)c(N)n1. The van der Waals surface area contributed by atoms with Gasteiger partial charge in [-0.2, -0.15) is 0 Å². The van der Waals surface area contributed by atoms with Crippen LogP contribution in [0.5, 0.6) is 0 Å². The monoisotopic (exact) mass is 193 g/mol. The van der Waals surface area contributed by atoms with Crippen LogP contribution in [0.1, 0.15) is 5.69 Å². The van der Waals surface area contributed by atoms with E-state index in [2.05, 4.69) is 9.88 Å². The molecule has 1 aliphatic heterocycles. The first-order valence-corrected chi connectivity index (χ1v) is 4.83. The highest BCUT2D eigenvalue weighted by molar-refractivity contribution is 5.63. The summed E-state index contributed by atoms with van der Waals surface area (Å²) in [5.74, 6) is 0.618. The zero-order valence-corrected chi connectivity index (χ0v) is 8.36. The van der Waals surface area contributed by atoms with Gasteiger partial charge >= 0.3 is 0 Å². The van der Waals surface area contributed by atoms with Crippen LogP contribution in [0.3, 0.4) is 0 Å². The van der Waals surface area contributed by atoms with Crippen molar-refractivity contribution in [2.75, 3.05) is 36.9 Å². The van der Waals surface area contributed by atoms with E-state index in [1.54, 1.807) is 0 Å². The fourth-order valence-electron chi connectivity index (χ4n) is 1.64. The first kappa shape index (κ1) is 9.27. The summed E-state index contributed by atoms with van der Waals surface area (Å²) in [6, 6.07) is 4.02. The van der Waals surface area contributed by atoms with Gasteiger partial charge in [-0.3, -0.25) is 0 Å². The van der Waals surface area contributed by atoms with E-state index in [9.17, 15) is 0 Å². The van der Waals surface area contributed by atoms with Gasteiger partial charge in [0.1, 0.15) is 5.82 Å². The minimum absolute atomic E-state index is 0.618. The summed E-state index contributed by atoms with van der Waals surface area (Å²) in [7, 11) is 0. The number of pyridine rings is 1. The fraction of sp³-hybridized carbons (Fsp3) is 0.500. The van der Waals surface area contributed by atoms with Crippen LogP contribution in [-0.2, 0) is 4.74 Å². The van der Waals surface area contributed by atoms with Gasteiger partial charge in [0.05, 0.1) is 18.9 Å². The first-order valence-electron chi connectivity index (χ1n) is 4.83. The van der Waals surface area contributed by atoms with Crippen LogP contribution in [0.15, 0.2) is 12.1 Å². The van der Waals surface area contributed by atoms with E-state index in [1.165, 1.54) is 0 Å². The molecular weight excluding hydrogens is 178 g/mol. The smallest absolute Gasteiger partial charge is 0.147 e. The molecule has 0 aliphatic carbocycles. The molecule has 76 valence electrons. The average molecular weight is 193 g/mol. The predicted octanol–water partition coefficient (Wildman–Crippen LogP) is 0.809. The molecule has 0 unspecified atom stereocenters. The van der Waals surface area contributed by atoms with E-state index in [4.69, 9.17) is 10.5 Å². The second-order valence-corrected chi connectivity index (χ2v) is 3.46. The molecule has 0 bridgehead atoms. The van der Waals surface area contributed by atoms with Gasteiger partial charge in [-0.05, 0) is 19.1 Å². The molecule has 4 heteroatoms. The van der Waals surface area contributed by atoms with Crippen LogP contribution in [-0.4, -0.2) is 31.3 Å². The maximum atomic E-state index is 5.86. The summed E-state index contributed by atoms with van der Waals surface area (Å²) in [6.45, 7) is 5.28. The quantitative estimate of drug-likeness (QED) is 0.717. The third kappa shape index (κ3) is 1.80. The molecule has 1 aromatic rings. The maximum Gasteiger partial charge on any atom is 0.147 e. The van der Waals surface area contributed by atoms with E-state index in [-0.39, 0.29) is 0 Å². The average Bonchev–Trinajstić information content (AvgIpc) is 2.19. The molecule has 14 heavy (non-hydrogen) atoms. The van der Waals surface area contributed by atoms with Gasteiger partial charge in [-0.1, -0.05) is 0 Å². The summed E-state index contributed by atoms with van der Waals surface area (Å²) < 4.78 is 5.28. The number of nitrogen functional groups attached to an aromatic ring is 1. The molecule has 0 spiro atoms. The van der Waals surface area contributed by atoms with Crippen molar-refractivity contribution >= 4 is 11.5 Å². The number of hydrogen-bond donors (Lipinski definition) is 1. The Bertz CT molecular complexity index is 321. The standard InChI is InChI=1S/C10H15N3O/c1-8-2-3-9(10(11)12-8)13-4-6-14-7-5-13/h2-3H,4-7H2,1H3,(H2,11,12). The van der Waals surface area contributed by atoms with Crippen molar-refractivity contribution in [1.82, 2.24) is 4.98 Å². The number of nitrogens with zero attached hydrogens (tertiary/aromatic N) is 2. The molecule has 0 amide bonds. The van der Waals surface area contributed by atoms with Gasteiger partial charge in [0.25, 0.3) is 0 Å². The Hall–Kier alpha value is -1.29. The molecule has 0 radical (unpaired) electrons. The Kier molecular flexibility index (Phi) is 2.54. The third-order valence-corrected chi connectivity index (χ3v) is 2.39. The highest BCUT2D eigenvalue weighted by Gasteiger charge is 2.13. The van der Waals surface area contributed by atoms with Gasteiger partial charge in [-0.25, -0.2) is 4.98 Å². The highest BCUT2D eigenvalue weighted by atomic mass is 16.5. The van der Waals surface area contributed by atoms with E-state index in [1.807, 2.05) is 19.1 Å². The molecular formula is C10H15N3O. The van der Waals surface area contributed by atoms with Gasteiger partial charge in [0.15, 0.2) is 0 Å². The number of aryl methyl sites for hydroxylation is 1. The van der Waals surface area contributed by atoms with Crippen LogP contribution in [0.25, 0.3) is 0 Å². The number of ether oxygens (including phenoxy) is 1. The van der Waals surface area contributed by atoms with Crippen molar-refractivity contribution < 1.29 is 4.74 Å². The second-order valence-electron chi connectivity index (χ2n) is 3.46. The first-order chi connectivity index (χ1) is 6.77. The molecule has 0 saturated carbocycles. The van der Waals surface area contributed by atoms with Crippen molar-refractivity contribution in [3.8, 4) is 0 Å². The van der Waals surface area contributed by atoms with Gasteiger partial charge in [0, 0.05) is 18.8 Å². The van der Waals surface area contributed by atoms with E-state index in [0.29, 0.717) is 5.82 Å². The summed E-state index contributed by atoms with van der Waals surface area (Å²) >= 11 is 0. The number of rotatable bonds is 1. The van der Waals surface area contributed by atoms with Crippen molar-refractivity contribution in [3.63, 3.8) is 0 Å². The molecule has 0 aromatic carbocycles. The van der Waals surface area contributed by atoms with Gasteiger partial charge in [-0.15, -0.1) is 0 Å². The van der Waals surface area contributed by atoms with Gasteiger partial charge < -0.3 is 15.4 Å². The lowest BCUT2D eigenvalue weighted by Crippen LogP contribution is -2.36. The molecule has 1 aliphatic rings. The lowest BCUT2D eigenvalue weighted by molar-refractivity contribution is 0.122. The summed E-state index contributed by atoms with van der Waals surface area (Å²) in [6.07, 6.45) is 0. The predicted molar refractivity (Wildman–Crippen MR) is 56.4 cm³/mol. The topological polar surface area (TPSA) is 51.4 Å². The van der Waals surface area contributed by atoms with Crippen molar-refractivity contribution in [1.29, 1.82) is 0 Å². The fourth-order valence-corrected chi connectivity index (χ4v) is 1.64. The second kappa shape index (κ2) is 3.84. The third-order valence-electron chi connectivity index (χ3n) is 2.39. The molecule has 2 rings (SSSR count). The van der Waals surface area contributed by atoms with Crippen LogP contribution >= 0.6 is 0 Å². The Morgan fingerprint density at radius 3 is 2.71 bits per heavy atom. The van der Waals surface area contributed by atoms with Crippen LogP contribution in [0.4, 0.5) is 11.5 Å². The lowest BCUT2D eigenvalue weighted by atomic mass is 10.3. The molecule has 1 saturated heterocycles. The Balaban J connectivity index is 2.22. The van der Waals surface area contributed by atoms with Crippen molar-refractivity contribution in [3.05, 3.63) is 17.8 Å². The Morgan fingerprint density at radius 1 is 1.36 bits per heavy atom. The van der Waals surface area contributed by atoms with Crippen LogP contribution in [0.2, 0.25) is 0 Å². The van der Waals surface area contributed by atoms with Crippen LogP contribution in [0, 0.1) is 6.92 Å². The van der Waals surface area contributed by atoms with Gasteiger partial charge in [0.2, 0.25) is 0 Å². The Labute approximate surface area is 83.7 Å². The van der Waals surface area contributed by atoms with Crippen LogP contribution < -0.4 is 10.6 Å². The number of hydrogen-bond acceptors (Lipinski definition) is 4. The molecule has 1 aromatic heterocycles. The zero-order valence-electron chi connectivity index (χ0n) is 8.36. The molecule has 1 fully saturated rings. The molecule has 2 N–H and O–H groups in total. The lowest BCUT2D eigenvalue weighted by Gasteiger charge is -2.29. The summed E-state index contributed by atoms with van der Waals surface area (Å²) in [5.41, 5.74) is 7.84. The number of nitrogens with two attached hydrogens (primary N) is 1. The van der Waals surface area contributed by atoms with Crippen molar-refractivity contribution in [2.45, 2.75) is 6.92 Å². The molecule has 4 nitrogen and oxygen atoms in total. The number of aromatic nitrogens is 1. The largest absolute Gasteiger partial charge is 0.382 e. The normalized spacial score (nSPS) is 17.1. The zero-order chi connectivity index (χ0) is 9.97. The minimum Gasteiger partial charge on any atom is -0.382 e. The highest BCUT2D eigenvalue weighted by Crippen LogP contribution is 2.21. The molecule has 0 atom stereocenters. The summed E-state index contributed by atoms with van der Waals surface area (Å²) in [5, 5.41) is 0. The van der Waals surface area contributed by atoms with Crippen molar-refractivity contribution in [2.24, 2.45) is 0 Å². The Morgan fingerprint density at radius 2 is 2.07 bits per heavy atom. The number of morpholine rings is 1. The maximum absolute atomic E-state index is 5.86. The number of anilines is 2. The molecule has 2 heterocycles. The summed E-state index contributed by atoms with van der Waals surface area (Å²) in [4.78, 5) is 6.46. The van der Waals surface area contributed by atoms with E-state index in [0.717, 1.165) is 37.7 Å². The minimum atomic E-state index is 0.618. The van der Waals surface area contributed by atoms with E-state index < -0.39 is 0 Å².